The molecule has 0 spiro atoms. The van der Waals surface area contributed by atoms with Gasteiger partial charge in [-0.25, -0.2) is 0 Å². The molecule has 0 aromatic heterocycles. The molecule has 1 aliphatic rings. The molecule has 1 aliphatic heterocycles. The van der Waals surface area contributed by atoms with Crippen molar-refractivity contribution in [2.24, 2.45) is 0 Å². The fraction of sp³-hybridized carbons (Fsp3) is 0.350. The Morgan fingerprint density at radius 1 is 0.962 bits per heavy atom. The quantitative estimate of drug-likeness (QED) is 0.844. The van der Waals surface area contributed by atoms with Gasteiger partial charge >= 0.3 is 0 Å². The number of carbonyl (C=O) groups is 1. The molecule has 0 unspecified atom stereocenters. The number of halogens is 2. The number of carbonyl (C=O) groups excluding carboxylic acids is 1. The van der Waals surface area contributed by atoms with Gasteiger partial charge in [-0.15, -0.1) is 24.8 Å². The normalized spacial score (nSPS) is 14.2. The number of amides is 1. The van der Waals surface area contributed by atoms with E-state index >= 15 is 0 Å². The van der Waals surface area contributed by atoms with Gasteiger partial charge in [-0.05, 0) is 11.1 Å². The van der Waals surface area contributed by atoms with Crippen LogP contribution in [0.5, 0.6) is 0 Å². The van der Waals surface area contributed by atoms with E-state index in [-0.39, 0.29) is 36.8 Å². The number of nitrogens with zero attached hydrogens (tertiary/aromatic N) is 2. The van der Waals surface area contributed by atoms with Crippen molar-refractivity contribution in [1.82, 2.24) is 15.1 Å². The summed E-state index contributed by atoms with van der Waals surface area (Å²) in [5, 5.41) is 3.33. The molecule has 1 saturated heterocycles. The Balaban J connectivity index is 0.00000169. The average molecular weight is 396 g/mol. The Labute approximate surface area is 168 Å². The number of rotatable bonds is 5. The molecule has 0 radical (unpaired) electrons. The maximum absolute atomic E-state index is 12.9. The Morgan fingerprint density at radius 3 is 1.88 bits per heavy atom. The average Bonchev–Trinajstić information content (AvgIpc) is 2.64. The molecule has 1 fully saturated rings. The molecular formula is C20H27Cl2N3O. The van der Waals surface area contributed by atoms with Crippen LogP contribution in [0.3, 0.4) is 0 Å². The Hall–Kier alpha value is -1.59. The summed E-state index contributed by atoms with van der Waals surface area (Å²) in [6.45, 7) is 4.26. The van der Waals surface area contributed by atoms with E-state index in [1.807, 2.05) is 48.3 Å². The second-order valence-corrected chi connectivity index (χ2v) is 6.25. The first-order valence-electron chi connectivity index (χ1n) is 8.54. The lowest BCUT2D eigenvalue weighted by Gasteiger charge is -2.33. The number of likely N-dealkylation sites (N-methyl/N-ethyl adjacent to an activating group) is 1. The van der Waals surface area contributed by atoms with E-state index in [9.17, 15) is 4.79 Å². The van der Waals surface area contributed by atoms with Crippen LogP contribution in [-0.4, -0.2) is 55.5 Å². The van der Waals surface area contributed by atoms with Gasteiger partial charge in [0.05, 0.1) is 12.6 Å². The molecule has 0 atom stereocenters. The molecule has 0 bridgehead atoms. The second kappa shape index (κ2) is 11.2. The van der Waals surface area contributed by atoms with E-state index < -0.39 is 0 Å². The van der Waals surface area contributed by atoms with Crippen molar-refractivity contribution < 1.29 is 4.79 Å². The topological polar surface area (TPSA) is 35.6 Å². The molecule has 1 amide bonds. The Bertz CT molecular complexity index is 609. The van der Waals surface area contributed by atoms with Crippen LogP contribution in [0.4, 0.5) is 0 Å². The highest BCUT2D eigenvalue weighted by Gasteiger charge is 2.25. The third-order valence-corrected chi connectivity index (χ3v) is 4.58. The fourth-order valence-electron chi connectivity index (χ4n) is 3.23. The van der Waals surface area contributed by atoms with Crippen LogP contribution in [0.1, 0.15) is 17.2 Å². The van der Waals surface area contributed by atoms with E-state index in [0.717, 1.165) is 37.3 Å². The number of benzene rings is 2. The maximum atomic E-state index is 12.9. The predicted molar refractivity (Wildman–Crippen MR) is 111 cm³/mol. The fourth-order valence-corrected chi connectivity index (χ4v) is 3.23. The van der Waals surface area contributed by atoms with E-state index in [4.69, 9.17) is 0 Å². The van der Waals surface area contributed by atoms with Gasteiger partial charge in [-0.2, -0.15) is 0 Å². The molecular weight excluding hydrogens is 369 g/mol. The Kier molecular flexibility index (Phi) is 9.66. The standard InChI is InChI=1S/C20H25N3O.2ClH/c1-22(19(24)16-23-14-12-21-13-15-23)20(17-8-4-2-5-9-17)18-10-6-3-7-11-18;;/h2-11,20-21H,12-16H2,1H3;2*1H. The van der Waals surface area contributed by atoms with Gasteiger partial charge in [0.15, 0.2) is 0 Å². The number of hydrogen-bond donors (Lipinski definition) is 1. The first-order chi connectivity index (χ1) is 11.8. The van der Waals surface area contributed by atoms with Gasteiger partial charge in [0.2, 0.25) is 5.91 Å². The minimum absolute atomic E-state index is 0. The van der Waals surface area contributed by atoms with Crippen molar-refractivity contribution in [3.63, 3.8) is 0 Å². The van der Waals surface area contributed by atoms with Gasteiger partial charge in [0, 0.05) is 33.2 Å². The number of hydrogen-bond acceptors (Lipinski definition) is 3. The van der Waals surface area contributed by atoms with Crippen LogP contribution < -0.4 is 5.32 Å². The zero-order chi connectivity index (χ0) is 16.8. The van der Waals surface area contributed by atoms with Gasteiger partial charge < -0.3 is 10.2 Å². The first kappa shape index (κ1) is 22.5. The highest BCUT2D eigenvalue weighted by molar-refractivity contribution is 5.85. The summed E-state index contributed by atoms with van der Waals surface area (Å²) in [4.78, 5) is 17.0. The van der Waals surface area contributed by atoms with Crippen LogP contribution >= 0.6 is 24.8 Å². The summed E-state index contributed by atoms with van der Waals surface area (Å²) in [6, 6.07) is 20.4. The van der Waals surface area contributed by atoms with E-state index in [1.54, 1.807) is 0 Å². The van der Waals surface area contributed by atoms with Gasteiger partial charge in [-0.3, -0.25) is 9.69 Å². The van der Waals surface area contributed by atoms with Gasteiger partial charge in [-0.1, -0.05) is 60.7 Å². The van der Waals surface area contributed by atoms with Gasteiger partial charge in [0.1, 0.15) is 0 Å². The van der Waals surface area contributed by atoms with Crippen molar-refractivity contribution in [3.05, 3.63) is 71.8 Å². The molecule has 142 valence electrons. The summed E-state index contributed by atoms with van der Waals surface area (Å²) in [5.74, 6) is 0.162. The minimum atomic E-state index is -0.0529. The highest BCUT2D eigenvalue weighted by Crippen LogP contribution is 2.27. The van der Waals surface area contributed by atoms with Crippen molar-refractivity contribution in [1.29, 1.82) is 0 Å². The molecule has 4 nitrogen and oxygen atoms in total. The smallest absolute Gasteiger partial charge is 0.237 e. The van der Waals surface area contributed by atoms with Crippen LogP contribution in [0, 0.1) is 0 Å². The molecule has 1 heterocycles. The molecule has 26 heavy (non-hydrogen) atoms. The van der Waals surface area contributed by atoms with Crippen LogP contribution in [-0.2, 0) is 4.79 Å². The highest BCUT2D eigenvalue weighted by atomic mass is 35.5. The summed E-state index contributed by atoms with van der Waals surface area (Å²) < 4.78 is 0. The lowest BCUT2D eigenvalue weighted by atomic mass is 9.97. The molecule has 3 rings (SSSR count). The first-order valence-corrected chi connectivity index (χ1v) is 8.54. The van der Waals surface area contributed by atoms with E-state index in [0.29, 0.717) is 6.54 Å². The van der Waals surface area contributed by atoms with Crippen molar-refractivity contribution in [2.45, 2.75) is 6.04 Å². The van der Waals surface area contributed by atoms with Crippen molar-refractivity contribution in [3.8, 4) is 0 Å². The zero-order valence-corrected chi connectivity index (χ0v) is 16.6. The summed E-state index contributed by atoms with van der Waals surface area (Å²) >= 11 is 0. The third-order valence-electron chi connectivity index (χ3n) is 4.58. The molecule has 0 saturated carbocycles. The Morgan fingerprint density at radius 2 is 1.42 bits per heavy atom. The third kappa shape index (κ3) is 5.71. The predicted octanol–water partition coefficient (Wildman–Crippen LogP) is 2.98. The molecule has 2 aromatic carbocycles. The van der Waals surface area contributed by atoms with Crippen molar-refractivity contribution in [2.75, 3.05) is 39.8 Å². The van der Waals surface area contributed by atoms with Gasteiger partial charge in [0.25, 0.3) is 0 Å². The summed E-state index contributed by atoms with van der Waals surface area (Å²) in [6.07, 6.45) is 0. The van der Waals surface area contributed by atoms with Crippen LogP contribution in [0.2, 0.25) is 0 Å². The largest absolute Gasteiger partial charge is 0.334 e. The van der Waals surface area contributed by atoms with E-state index in [2.05, 4.69) is 34.5 Å². The molecule has 0 aliphatic carbocycles. The SMILES string of the molecule is CN(C(=O)CN1CCNCC1)C(c1ccccc1)c1ccccc1.Cl.Cl. The minimum Gasteiger partial charge on any atom is -0.334 e. The lowest BCUT2D eigenvalue weighted by Crippen LogP contribution is -2.48. The second-order valence-electron chi connectivity index (χ2n) is 6.25. The van der Waals surface area contributed by atoms with Crippen LogP contribution in [0.25, 0.3) is 0 Å². The molecule has 1 N–H and O–H groups in total. The molecule has 6 heteroatoms. The maximum Gasteiger partial charge on any atom is 0.237 e. The summed E-state index contributed by atoms with van der Waals surface area (Å²) in [7, 11) is 1.91. The van der Waals surface area contributed by atoms with Crippen molar-refractivity contribution >= 4 is 30.7 Å². The zero-order valence-electron chi connectivity index (χ0n) is 15.0. The number of nitrogens with one attached hydrogen (secondary N) is 1. The number of piperazine rings is 1. The monoisotopic (exact) mass is 395 g/mol. The molecule has 2 aromatic rings. The lowest BCUT2D eigenvalue weighted by molar-refractivity contribution is -0.132. The summed E-state index contributed by atoms with van der Waals surface area (Å²) in [5.41, 5.74) is 2.28. The van der Waals surface area contributed by atoms with Crippen LogP contribution in [0.15, 0.2) is 60.7 Å². The van der Waals surface area contributed by atoms with E-state index in [1.165, 1.54) is 0 Å².